The third-order valence-corrected chi connectivity index (χ3v) is 5.96. The minimum Gasteiger partial charge on any atom is -0.357 e. The molecule has 1 saturated heterocycles. The summed E-state index contributed by atoms with van der Waals surface area (Å²) < 4.78 is 37.4. The van der Waals surface area contributed by atoms with Gasteiger partial charge in [0.05, 0.1) is 23.8 Å². The van der Waals surface area contributed by atoms with Crippen LogP contribution in [0.2, 0.25) is 0 Å². The van der Waals surface area contributed by atoms with Gasteiger partial charge in [-0.05, 0) is 45.2 Å². The van der Waals surface area contributed by atoms with Crippen LogP contribution in [-0.2, 0) is 6.54 Å². The average molecular weight is 420 g/mol. The Labute approximate surface area is 169 Å². The Morgan fingerprint density at radius 3 is 2.61 bits per heavy atom. The Morgan fingerprint density at radius 2 is 2.04 bits per heavy atom. The predicted octanol–water partition coefficient (Wildman–Crippen LogP) is 3.99. The molecule has 2 N–H and O–H groups in total. The van der Waals surface area contributed by atoms with Crippen molar-refractivity contribution in [2.24, 2.45) is 10.9 Å². The van der Waals surface area contributed by atoms with Crippen molar-refractivity contribution in [3.05, 3.63) is 16.1 Å². The number of hydrogen-bond acceptors (Lipinski definition) is 4. The highest BCUT2D eigenvalue weighted by Gasteiger charge is 2.32. The highest BCUT2D eigenvalue weighted by atomic mass is 32.1. The van der Waals surface area contributed by atoms with Gasteiger partial charge in [-0.25, -0.2) is 9.98 Å². The molecule has 1 aromatic rings. The van der Waals surface area contributed by atoms with Crippen LogP contribution in [0.25, 0.3) is 0 Å². The van der Waals surface area contributed by atoms with E-state index in [1.165, 1.54) is 4.90 Å². The van der Waals surface area contributed by atoms with E-state index < -0.39 is 12.7 Å². The Balaban J connectivity index is 1.72. The number of aromatic nitrogens is 1. The predicted molar refractivity (Wildman–Crippen MR) is 109 cm³/mol. The van der Waals surface area contributed by atoms with Gasteiger partial charge in [-0.1, -0.05) is 13.8 Å². The molecular weight excluding hydrogens is 387 g/mol. The largest absolute Gasteiger partial charge is 0.401 e. The Hall–Kier alpha value is -1.35. The summed E-state index contributed by atoms with van der Waals surface area (Å²) in [6, 6.07) is 0. The fourth-order valence-corrected chi connectivity index (χ4v) is 4.07. The smallest absolute Gasteiger partial charge is 0.357 e. The lowest BCUT2D eigenvalue weighted by Crippen LogP contribution is -2.41. The molecule has 0 bridgehead atoms. The highest BCUT2D eigenvalue weighted by Crippen LogP contribution is 2.24. The molecule has 0 aromatic carbocycles. The quantitative estimate of drug-likeness (QED) is 0.494. The van der Waals surface area contributed by atoms with Crippen LogP contribution in [0.15, 0.2) is 10.4 Å². The summed E-state index contributed by atoms with van der Waals surface area (Å²) in [6.07, 6.45) is -1.51. The molecule has 1 aromatic heterocycles. The first-order valence-electron chi connectivity index (χ1n) is 10.0. The molecule has 2 rings (SSSR count). The van der Waals surface area contributed by atoms with Gasteiger partial charge in [-0.15, -0.1) is 11.3 Å². The van der Waals surface area contributed by atoms with Gasteiger partial charge in [0, 0.05) is 24.4 Å². The van der Waals surface area contributed by atoms with Gasteiger partial charge in [-0.3, -0.25) is 4.90 Å². The van der Waals surface area contributed by atoms with Crippen molar-refractivity contribution in [2.45, 2.75) is 58.7 Å². The van der Waals surface area contributed by atoms with Gasteiger partial charge in [-0.2, -0.15) is 13.2 Å². The van der Waals surface area contributed by atoms with Crippen molar-refractivity contribution in [1.82, 2.24) is 20.5 Å². The van der Waals surface area contributed by atoms with Gasteiger partial charge in [0.1, 0.15) is 0 Å². The minimum atomic E-state index is -4.10. The number of rotatable bonds is 8. The summed E-state index contributed by atoms with van der Waals surface area (Å²) in [4.78, 5) is 10.7. The first-order valence-corrected chi connectivity index (χ1v) is 10.9. The van der Waals surface area contributed by atoms with Crippen LogP contribution in [0.5, 0.6) is 0 Å². The van der Waals surface area contributed by atoms with Crippen LogP contribution < -0.4 is 10.6 Å². The molecule has 0 atom stereocenters. The van der Waals surface area contributed by atoms with Gasteiger partial charge in [0.25, 0.3) is 0 Å². The molecule has 1 aliphatic heterocycles. The Kier molecular flexibility index (Phi) is 9.01. The van der Waals surface area contributed by atoms with Crippen LogP contribution in [0.4, 0.5) is 13.2 Å². The number of likely N-dealkylation sites (tertiary alicyclic amines) is 1. The number of thiazole rings is 1. The first-order chi connectivity index (χ1) is 13.3. The van der Waals surface area contributed by atoms with E-state index in [0.29, 0.717) is 31.5 Å². The standard InChI is InChI=1S/C19H32F3N5S/c1-4-23-18(25-11-16-12-28-17(26-16)14(2)3)24-8-5-15-6-9-27(10-7-15)13-19(20,21)22/h12,14-15H,4-11,13H2,1-3H3,(H2,23,24,25). The maximum absolute atomic E-state index is 12.5. The number of halogens is 3. The average Bonchev–Trinajstić information content (AvgIpc) is 3.09. The topological polar surface area (TPSA) is 52.6 Å². The summed E-state index contributed by atoms with van der Waals surface area (Å²) in [7, 11) is 0. The molecule has 2 heterocycles. The van der Waals surface area contributed by atoms with E-state index in [1.54, 1.807) is 11.3 Å². The lowest BCUT2D eigenvalue weighted by molar-refractivity contribution is -0.148. The van der Waals surface area contributed by atoms with Gasteiger partial charge in [0.15, 0.2) is 5.96 Å². The zero-order valence-corrected chi connectivity index (χ0v) is 17.8. The molecule has 0 unspecified atom stereocenters. The number of hydrogen-bond donors (Lipinski definition) is 2. The summed E-state index contributed by atoms with van der Waals surface area (Å²) in [5.74, 6) is 1.65. The van der Waals surface area contributed by atoms with Crippen molar-refractivity contribution in [3.63, 3.8) is 0 Å². The van der Waals surface area contributed by atoms with Crippen molar-refractivity contribution in [2.75, 3.05) is 32.7 Å². The van der Waals surface area contributed by atoms with Crippen molar-refractivity contribution >= 4 is 17.3 Å². The van der Waals surface area contributed by atoms with Crippen LogP contribution in [0.1, 0.15) is 56.7 Å². The molecule has 28 heavy (non-hydrogen) atoms. The van der Waals surface area contributed by atoms with E-state index in [0.717, 1.165) is 49.0 Å². The molecule has 0 spiro atoms. The Bertz CT molecular complexity index is 607. The zero-order valence-electron chi connectivity index (χ0n) is 17.0. The third kappa shape index (κ3) is 8.34. The van der Waals surface area contributed by atoms with Crippen LogP contribution in [0, 0.1) is 5.92 Å². The van der Waals surface area contributed by atoms with Crippen molar-refractivity contribution in [3.8, 4) is 0 Å². The van der Waals surface area contributed by atoms with E-state index in [-0.39, 0.29) is 0 Å². The number of alkyl halides is 3. The number of aliphatic imine (C=N–C) groups is 1. The molecular formula is C19H32F3N5S. The molecule has 9 heteroatoms. The maximum atomic E-state index is 12.5. The normalized spacial score (nSPS) is 17.3. The van der Waals surface area contributed by atoms with E-state index >= 15 is 0 Å². The monoisotopic (exact) mass is 419 g/mol. The third-order valence-electron chi connectivity index (χ3n) is 4.76. The van der Waals surface area contributed by atoms with Crippen molar-refractivity contribution in [1.29, 1.82) is 0 Å². The SMILES string of the molecule is CCNC(=NCc1csc(C(C)C)n1)NCCC1CCN(CC(F)(F)F)CC1. The van der Waals surface area contributed by atoms with E-state index in [2.05, 4.69) is 39.8 Å². The van der Waals surface area contributed by atoms with E-state index in [4.69, 9.17) is 0 Å². The summed E-state index contributed by atoms with van der Waals surface area (Å²) in [5.41, 5.74) is 0.975. The number of guanidine groups is 1. The molecule has 1 fully saturated rings. The number of nitrogens with zero attached hydrogens (tertiary/aromatic N) is 3. The first kappa shape index (κ1) is 22.9. The zero-order chi connectivity index (χ0) is 20.6. The summed E-state index contributed by atoms with van der Waals surface area (Å²) in [5, 5.41) is 9.75. The minimum absolute atomic E-state index is 0.427. The number of nitrogens with one attached hydrogen (secondary N) is 2. The van der Waals surface area contributed by atoms with Crippen LogP contribution in [-0.4, -0.2) is 54.7 Å². The maximum Gasteiger partial charge on any atom is 0.401 e. The fraction of sp³-hybridized carbons (Fsp3) is 0.789. The molecule has 0 saturated carbocycles. The Morgan fingerprint density at radius 1 is 1.32 bits per heavy atom. The summed E-state index contributed by atoms with van der Waals surface area (Å²) >= 11 is 1.67. The fourth-order valence-electron chi connectivity index (χ4n) is 3.24. The highest BCUT2D eigenvalue weighted by molar-refractivity contribution is 7.09. The van der Waals surface area contributed by atoms with Gasteiger partial charge < -0.3 is 10.6 Å². The lowest BCUT2D eigenvalue weighted by Gasteiger charge is -2.32. The van der Waals surface area contributed by atoms with Gasteiger partial charge >= 0.3 is 6.18 Å². The second kappa shape index (κ2) is 11.0. The van der Waals surface area contributed by atoms with Gasteiger partial charge in [0.2, 0.25) is 0 Å². The van der Waals surface area contributed by atoms with E-state index in [9.17, 15) is 13.2 Å². The van der Waals surface area contributed by atoms with Crippen LogP contribution >= 0.6 is 11.3 Å². The molecule has 0 amide bonds. The molecule has 160 valence electrons. The lowest BCUT2D eigenvalue weighted by atomic mass is 9.93. The second-order valence-corrected chi connectivity index (χ2v) is 8.47. The molecule has 0 radical (unpaired) electrons. The molecule has 1 aliphatic rings. The molecule has 5 nitrogen and oxygen atoms in total. The second-order valence-electron chi connectivity index (χ2n) is 7.58. The van der Waals surface area contributed by atoms with E-state index in [1.807, 2.05) is 6.92 Å². The molecule has 0 aliphatic carbocycles. The van der Waals surface area contributed by atoms with Crippen LogP contribution in [0.3, 0.4) is 0 Å². The summed E-state index contributed by atoms with van der Waals surface area (Å²) in [6.45, 7) is 8.63. The number of piperidine rings is 1. The van der Waals surface area contributed by atoms with Crippen molar-refractivity contribution < 1.29 is 13.2 Å².